The summed E-state index contributed by atoms with van der Waals surface area (Å²) in [6.07, 6.45) is 0.514. The average molecular weight is 283 g/mol. The molecule has 0 spiro atoms. The van der Waals surface area contributed by atoms with Gasteiger partial charge in [-0.2, -0.15) is 0 Å². The van der Waals surface area contributed by atoms with E-state index in [1.807, 2.05) is 24.1 Å². The number of carbonyl (C=O) groups excluding carboxylic acids is 1. The molecule has 1 aliphatic rings. The highest BCUT2D eigenvalue weighted by atomic mass is 32.1. The molecule has 2 heterocycles. The quantitative estimate of drug-likeness (QED) is 0.895. The zero-order valence-corrected chi connectivity index (χ0v) is 12.3. The summed E-state index contributed by atoms with van der Waals surface area (Å²) in [6.45, 7) is 7.67. The molecule has 0 radical (unpaired) electrons. The van der Waals surface area contributed by atoms with Crippen LogP contribution in [0.4, 0.5) is 0 Å². The zero-order valence-electron chi connectivity index (χ0n) is 11.5. The minimum atomic E-state index is -0.261. The minimum Gasteiger partial charge on any atom is -0.392 e. The lowest BCUT2D eigenvalue weighted by Gasteiger charge is -2.35. The molecule has 0 aliphatic carbocycles. The topological polar surface area (TPSA) is 56.7 Å². The number of hydrogen-bond donors (Lipinski definition) is 1. The molecule has 1 aromatic heterocycles. The molecule has 1 amide bonds. The van der Waals surface area contributed by atoms with Gasteiger partial charge in [-0.05, 0) is 13.3 Å². The Bertz CT molecular complexity index is 427. The van der Waals surface area contributed by atoms with E-state index >= 15 is 0 Å². The number of aromatic nitrogens is 1. The molecule has 106 valence electrons. The maximum Gasteiger partial charge on any atom is 0.273 e. The largest absolute Gasteiger partial charge is 0.392 e. The zero-order chi connectivity index (χ0) is 13.8. The SMILES string of the molecule is CC[C@@H](O)CN1CCN(C(=O)c2csc(C)n2)CC1. The number of β-amino-alcohol motifs (C(OH)–C–C–N with tert-alkyl or cyclic N) is 1. The highest BCUT2D eigenvalue weighted by Gasteiger charge is 2.24. The number of amides is 1. The van der Waals surface area contributed by atoms with Gasteiger partial charge in [-0.15, -0.1) is 11.3 Å². The number of rotatable bonds is 4. The maximum atomic E-state index is 12.2. The Balaban J connectivity index is 1.84. The molecule has 1 aliphatic heterocycles. The predicted molar refractivity (Wildman–Crippen MR) is 75.5 cm³/mol. The third-order valence-electron chi connectivity index (χ3n) is 3.44. The summed E-state index contributed by atoms with van der Waals surface area (Å²) in [5.74, 6) is 0.0278. The van der Waals surface area contributed by atoms with Crippen molar-refractivity contribution in [2.75, 3.05) is 32.7 Å². The molecule has 1 fully saturated rings. The van der Waals surface area contributed by atoms with E-state index in [1.54, 1.807) is 0 Å². The Kier molecular flexibility index (Phi) is 4.90. The normalized spacial score (nSPS) is 18.6. The first kappa shape index (κ1) is 14.4. The average Bonchev–Trinajstić information content (AvgIpc) is 2.85. The van der Waals surface area contributed by atoms with Crippen LogP contribution in [0, 0.1) is 6.92 Å². The van der Waals surface area contributed by atoms with Crippen LogP contribution in [0.25, 0.3) is 0 Å². The van der Waals surface area contributed by atoms with Crippen LogP contribution >= 0.6 is 11.3 Å². The van der Waals surface area contributed by atoms with Crippen molar-refractivity contribution in [3.8, 4) is 0 Å². The van der Waals surface area contributed by atoms with Crippen molar-refractivity contribution in [1.29, 1.82) is 0 Å². The second-order valence-corrected chi connectivity index (χ2v) is 5.97. The summed E-state index contributed by atoms with van der Waals surface area (Å²) >= 11 is 1.51. The Hall–Kier alpha value is -0.980. The Morgan fingerprint density at radius 1 is 1.47 bits per heavy atom. The molecule has 6 heteroatoms. The van der Waals surface area contributed by atoms with Crippen molar-refractivity contribution >= 4 is 17.2 Å². The smallest absolute Gasteiger partial charge is 0.273 e. The number of nitrogens with zero attached hydrogens (tertiary/aromatic N) is 3. The number of aliphatic hydroxyl groups is 1. The molecular formula is C13H21N3O2S. The molecule has 19 heavy (non-hydrogen) atoms. The Morgan fingerprint density at radius 3 is 2.68 bits per heavy atom. The van der Waals surface area contributed by atoms with Gasteiger partial charge >= 0.3 is 0 Å². The van der Waals surface area contributed by atoms with Crippen LogP contribution in [0.2, 0.25) is 0 Å². The van der Waals surface area contributed by atoms with Crippen molar-refractivity contribution in [2.24, 2.45) is 0 Å². The number of aryl methyl sites for hydroxylation is 1. The van der Waals surface area contributed by atoms with Gasteiger partial charge < -0.3 is 10.0 Å². The summed E-state index contributed by atoms with van der Waals surface area (Å²) < 4.78 is 0. The van der Waals surface area contributed by atoms with E-state index in [-0.39, 0.29) is 12.0 Å². The highest BCUT2D eigenvalue weighted by Crippen LogP contribution is 2.12. The Labute approximate surface area is 117 Å². The van der Waals surface area contributed by atoms with Crippen LogP contribution in [0.1, 0.15) is 28.8 Å². The van der Waals surface area contributed by atoms with Gasteiger partial charge in [0, 0.05) is 38.1 Å². The standard InChI is InChI=1S/C13H21N3O2S/c1-3-11(17)8-15-4-6-16(7-5-15)13(18)12-9-19-10(2)14-12/h9,11,17H,3-8H2,1-2H3/t11-/m1/s1. The van der Waals surface area contributed by atoms with E-state index in [0.717, 1.165) is 24.5 Å². The predicted octanol–water partition coefficient (Wildman–Crippen LogP) is 0.980. The molecular weight excluding hydrogens is 262 g/mol. The minimum absolute atomic E-state index is 0.0278. The molecule has 1 atom stereocenters. The molecule has 1 saturated heterocycles. The van der Waals surface area contributed by atoms with Crippen molar-refractivity contribution < 1.29 is 9.90 Å². The van der Waals surface area contributed by atoms with Crippen LogP contribution in [0.3, 0.4) is 0 Å². The van der Waals surface area contributed by atoms with Crippen LogP contribution < -0.4 is 0 Å². The monoisotopic (exact) mass is 283 g/mol. The number of carbonyl (C=O) groups is 1. The first-order valence-corrected chi connectivity index (χ1v) is 7.60. The van der Waals surface area contributed by atoms with Crippen LogP contribution in [0.15, 0.2) is 5.38 Å². The number of aliphatic hydroxyl groups excluding tert-OH is 1. The fraction of sp³-hybridized carbons (Fsp3) is 0.692. The van der Waals surface area contributed by atoms with Crippen LogP contribution in [-0.2, 0) is 0 Å². The summed E-state index contributed by atoms with van der Waals surface area (Å²) in [7, 11) is 0. The van der Waals surface area contributed by atoms with Gasteiger partial charge in [0.2, 0.25) is 0 Å². The third kappa shape index (κ3) is 3.75. The molecule has 0 saturated carbocycles. The highest BCUT2D eigenvalue weighted by molar-refractivity contribution is 7.09. The van der Waals surface area contributed by atoms with E-state index in [2.05, 4.69) is 9.88 Å². The van der Waals surface area contributed by atoms with Crippen molar-refractivity contribution in [3.63, 3.8) is 0 Å². The van der Waals surface area contributed by atoms with Crippen LogP contribution in [0.5, 0.6) is 0 Å². The van der Waals surface area contributed by atoms with Gasteiger partial charge in [-0.3, -0.25) is 9.69 Å². The van der Waals surface area contributed by atoms with E-state index in [9.17, 15) is 9.90 Å². The van der Waals surface area contributed by atoms with E-state index in [1.165, 1.54) is 11.3 Å². The molecule has 0 unspecified atom stereocenters. The molecule has 1 N–H and O–H groups in total. The maximum absolute atomic E-state index is 12.2. The first-order chi connectivity index (χ1) is 9.10. The summed E-state index contributed by atoms with van der Waals surface area (Å²) in [5.41, 5.74) is 0.560. The van der Waals surface area contributed by atoms with Crippen LogP contribution in [-0.4, -0.2) is 64.6 Å². The van der Waals surface area contributed by atoms with Gasteiger partial charge in [0.15, 0.2) is 0 Å². The first-order valence-electron chi connectivity index (χ1n) is 6.72. The summed E-state index contributed by atoms with van der Waals surface area (Å²) in [5, 5.41) is 12.4. The second-order valence-electron chi connectivity index (χ2n) is 4.91. The molecule has 0 bridgehead atoms. The van der Waals surface area contributed by atoms with Gasteiger partial charge in [0.25, 0.3) is 5.91 Å². The van der Waals surface area contributed by atoms with E-state index < -0.39 is 0 Å². The van der Waals surface area contributed by atoms with Crippen molar-refractivity contribution in [1.82, 2.24) is 14.8 Å². The number of hydrogen-bond acceptors (Lipinski definition) is 5. The number of piperazine rings is 1. The lowest BCUT2D eigenvalue weighted by molar-refractivity contribution is 0.0520. The molecule has 1 aromatic rings. The lowest BCUT2D eigenvalue weighted by Crippen LogP contribution is -2.50. The summed E-state index contributed by atoms with van der Waals surface area (Å²) in [4.78, 5) is 20.5. The van der Waals surface area contributed by atoms with Gasteiger partial charge in [-0.1, -0.05) is 6.92 Å². The second kappa shape index (κ2) is 6.45. The molecule has 5 nitrogen and oxygen atoms in total. The Morgan fingerprint density at radius 2 is 2.16 bits per heavy atom. The molecule has 0 aromatic carbocycles. The fourth-order valence-corrected chi connectivity index (χ4v) is 2.77. The van der Waals surface area contributed by atoms with Crippen molar-refractivity contribution in [3.05, 3.63) is 16.1 Å². The lowest BCUT2D eigenvalue weighted by atomic mass is 10.2. The van der Waals surface area contributed by atoms with Gasteiger partial charge in [-0.25, -0.2) is 4.98 Å². The van der Waals surface area contributed by atoms with E-state index in [0.29, 0.717) is 25.3 Å². The number of thiazole rings is 1. The summed E-state index contributed by atoms with van der Waals surface area (Å²) in [6, 6.07) is 0. The third-order valence-corrected chi connectivity index (χ3v) is 4.21. The fourth-order valence-electron chi connectivity index (χ4n) is 2.18. The van der Waals surface area contributed by atoms with E-state index in [4.69, 9.17) is 0 Å². The molecule has 2 rings (SSSR count). The van der Waals surface area contributed by atoms with Crippen molar-refractivity contribution in [2.45, 2.75) is 26.4 Å². The van der Waals surface area contributed by atoms with Gasteiger partial charge in [0.05, 0.1) is 11.1 Å². The van der Waals surface area contributed by atoms with Gasteiger partial charge in [0.1, 0.15) is 5.69 Å².